The number of hydrogen-bond acceptors (Lipinski definition) is 4. The molecule has 1 aromatic carbocycles. The monoisotopic (exact) mass is 244 g/mol. The highest BCUT2D eigenvalue weighted by molar-refractivity contribution is 5.81. The Balaban J connectivity index is 2.60. The number of nitrogens with zero attached hydrogens (tertiary/aromatic N) is 2. The Hall–Kier alpha value is -2.28. The van der Waals surface area contributed by atoms with Crippen LogP contribution in [-0.2, 0) is 16.1 Å². The van der Waals surface area contributed by atoms with Gasteiger partial charge in [0.15, 0.2) is 0 Å². The van der Waals surface area contributed by atoms with E-state index in [2.05, 4.69) is 6.07 Å². The van der Waals surface area contributed by atoms with Crippen LogP contribution in [0.3, 0.4) is 0 Å². The van der Waals surface area contributed by atoms with Crippen LogP contribution in [-0.4, -0.2) is 24.0 Å². The molecule has 0 bridgehead atoms. The van der Waals surface area contributed by atoms with Gasteiger partial charge in [0.2, 0.25) is 0 Å². The maximum absolute atomic E-state index is 11.2. The molecule has 0 amide bonds. The lowest BCUT2D eigenvalue weighted by atomic mass is 10.2. The molecule has 0 saturated carbocycles. The molecule has 0 aromatic heterocycles. The lowest BCUT2D eigenvalue weighted by Crippen LogP contribution is -2.17. The van der Waals surface area contributed by atoms with Crippen LogP contribution in [0.1, 0.15) is 12.5 Å². The second-order valence-electron chi connectivity index (χ2n) is 3.62. The minimum atomic E-state index is -0.395. The van der Waals surface area contributed by atoms with Gasteiger partial charge in [-0.3, -0.25) is 0 Å². The lowest BCUT2D eigenvalue weighted by Gasteiger charge is -2.16. The molecule has 4 heteroatoms. The fourth-order valence-corrected chi connectivity index (χ4v) is 1.43. The largest absolute Gasteiger partial charge is 0.463 e. The van der Waals surface area contributed by atoms with Crippen molar-refractivity contribution in [3.05, 3.63) is 48.2 Å². The minimum Gasteiger partial charge on any atom is -0.463 e. The Labute approximate surface area is 107 Å². The van der Waals surface area contributed by atoms with Crippen molar-refractivity contribution in [2.75, 3.05) is 13.2 Å². The molecule has 0 unspecified atom stereocenters. The van der Waals surface area contributed by atoms with Crippen molar-refractivity contribution in [1.29, 1.82) is 5.26 Å². The Morgan fingerprint density at radius 2 is 2.17 bits per heavy atom. The Morgan fingerprint density at radius 3 is 2.78 bits per heavy atom. The highest BCUT2D eigenvalue weighted by Crippen LogP contribution is 2.04. The average molecular weight is 244 g/mol. The van der Waals surface area contributed by atoms with Crippen molar-refractivity contribution < 1.29 is 9.53 Å². The van der Waals surface area contributed by atoms with E-state index in [4.69, 9.17) is 10.00 Å². The summed E-state index contributed by atoms with van der Waals surface area (Å²) in [6.07, 6.45) is 2.93. The zero-order valence-corrected chi connectivity index (χ0v) is 10.4. The van der Waals surface area contributed by atoms with E-state index >= 15 is 0 Å². The van der Waals surface area contributed by atoms with E-state index < -0.39 is 5.97 Å². The van der Waals surface area contributed by atoms with Crippen molar-refractivity contribution in [2.24, 2.45) is 0 Å². The molecule has 0 N–H and O–H groups in total. The molecular formula is C14H16N2O2. The van der Waals surface area contributed by atoms with E-state index in [1.165, 1.54) is 6.08 Å². The van der Waals surface area contributed by atoms with E-state index in [0.717, 1.165) is 5.56 Å². The quantitative estimate of drug-likeness (QED) is 0.437. The molecule has 18 heavy (non-hydrogen) atoms. The van der Waals surface area contributed by atoms with Gasteiger partial charge in [0.05, 0.1) is 12.7 Å². The number of nitriles is 1. The molecular weight excluding hydrogens is 228 g/mol. The fourth-order valence-electron chi connectivity index (χ4n) is 1.43. The SMILES string of the molecule is CCOC(=O)/C=C/N(CC#N)Cc1ccccc1. The molecule has 0 radical (unpaired) electrons. The molecule has 1 rings (SSSR count). The standard InChI is InChI=1S/C14H16N2O2/c1-2-18-14(17)8-10-16(11-9-15)12-13-6-4-3-5-7-13/h3-8,10H,2,11-12H2,1H3/b10-8+. The third-order valence-electron chi connectivity index (χ3n) is 2.21. The first-order valence-corrected chi connectivity index (χ1v) is 5.76. The molecule has 1 aromatic rings. The van der Waals surface area contributed by atoms with Crippen LogP contribution in [0, 0.1) is 11.3 Å². The van der Waals surface area contributed by atoms with Gasteiger partial charge in [-0.1, -0.05) is 30.3 Å². The van der Waals surface area contributed by atoms with Gasteiger partial charge in [0.1, 0.15) is 6.54 Å². The van der Waals surface area contributed by atoms with E-state index in [1.807, 2.05) is 30.3 Å². The van der Waals surface area contributed by atoms with Gasteiger partial charge < -0.3 is 9.64 Å². The van der Waals surface area contributed by atoms with Gasteiger partial charge in [-0.15, -0.1) is 0 Å². The number of benzene rings is 1. The third-order valence-corrected chi connectivity index (χ3v) is 2.21. The fraction of sp³-hybridized carbons (Fsp3) is 0.286. The molecule has 0 aliphatic carbocycles. The van der Waals surface area contributed by atoms with Crippen molar-refractivity contribution in [3.8, 4) is 6.07 Å². The zero-order chi connectivity index (χ0) is 13.2. The number of hydrogen-bond donors (Lipinski definition) is 0. The van der Waals surface area contributed by atoms with Crippen LogP contribution in [0.2, 0.25) is 0 Å². The van der Waals surface area contributed by atoms with Crippen LogP contribution in [0.25, 0.3) is 0 Å². The summed E-state index contributed by atoms with van der Waals surface area (Å²) in [5, 5.41) is 8.74. The molecule has 0 spiro atoms. The van der Waals surface area contributed by atoms with Gasteiger partial charge in [-0.2, -0.15) is 5.26 Å². The third kappa shape index (κ3) is 5.17. The Bertz CT molecular complexity index is 435. The van der Waals surface area contributed by atoms with Crippen LogP contribution >= 0.6 is 0 Å². The minimum absolute atomic E-state index is 0.227. The number of carbonyl (C=O) groups excluding carboxylic acids is 1. The van der Waals surface area contributed by atoms with Crippen LogP contribution < -0.4 is 0 Å². The van der Waals surface area contributed by atoms with Gasteiger partial charge >= 0.3 is 5.97 Å². The molecule has 0 heterocycles. The number of esters is 1. The average Bonchev–Trinajstić information content (AvgIpc) is 2.38. The van der Waals surface area contributed by atoms with Crippen molar-refractivity contribution in [3.63, 3.8) is 0 Å². The Kier molecular flexibility index (Phi) is 6.05. The van der Waals surface area contributed by atoms with Gasteiger partial charge in [-0.25, -0.2) is 4.79 Å². The van der Waals surface area contributed by atoms with Crippen LogP contribution in [0.5, 0.6) is 0 Å². The van der Waals surface area contributed by atoms with E-state index in [0.29, 0.717) is 13.2 Å². The molecule has 0 saturated heterocycles. The summed E-state index contributed by atoms with van der Waals surface area (Å²) >= 11 is 0. The van der Waals surface area contributed by atoms with Crippen molar-refractivity contribution in [1.82, 2.24) is 4.90 Å². The maximum Gasteiger partial charge on any atom is 0.332 e. The Morgan fingerprint density at radius 1 is 1.44 bits per heavy atom. The van der Waals surface area contributed by atoms with Crippen LogP contribution in [0.4, 0.5) is 0 Å². The molecule has 0 aliphatic heterocycles. The summed E-state index contributed by atoms with van der Waals surface area (Å²) in [4.78, 5) is 12.9. The van der Waals surface area contributed by atoms with Crippen molar-refractivity contribution in [2.45, 2.75) is 13.5 Å². The van der Waals surface area contributed by atoms with Crippen LogP contribution in [0.15, 0.2) is 42.6 Å². The first kappa shape index (κ1) is 13.8. The molecule has 0 aliphatic rings. The van der Waals surface area contributed by atoms with E-state index in [9.17, 15) is 4.79 Å². The highest BCUT2D eigenvalue weighted by Gasteiger charge is 2.01. The summed E-state index contributed by atoms with van der Waals surface area (Å²) in [6, 6.07) is 11.8. The number of rotatable bonds is 6. The normalized spacial score (nSPS) is 10.0. The van der Waals surface area contributed by atoms with Gasteiger partial charge in [0, 0.05) is 18.8 Å². The van der Waals surface area contributed by atoms with E-state index in [-0.39, 0.29) is 6.54 Å². The molecule has 0 atom stereocenters. The molecule has 0 fully saturated rings. The number of carbonyl (C=O) groups is 1. The predicted molar refractivity (Wildman–Crippen MR) is 68.2 cm³/mol. The first-order valence-electron chi connectivity index (χ1n) is 5.76. The second-order valence-corrected chi connectivity index (χ2v) is 3.62. The lowest BCUT2D eigenvalue weighted by molar-refractivity contribution is -0.137. The summed E-state index contributed by atoms with van der Waals surface area (Å²) in [5.41, 5.74) is 1.08. The first-order chi connectivity index (χ1) is 8.76. The molecule has 94 valence electrons. The van der Waals surface area contributed by atoms with Gasteiger partial charge in [0.25, 0.3) is 0 Å². The predicted octanol–water partition coefficient (Wildman–Crippen LogP) is 2.09. The highest BCUT2D eigenvalue weighted by atomic mass is 16.5. The zero-order valence-electron chi connectivity index (χ0n) is 10.4. The second kappa shape index (κ2) is 7.91. The summed E-state index contributed by atoms with van der Waals surface area (Å²) in [6.45, 7) is 2.91. The summed E-state index contributed by atoms with van der Waals surface area (Å²) < 4.78 is 4.79. The summed E-state index contributed by atoms with van der Waals surface area (Å²) in [5.74, 6) is -0.395. The maximum atomic E-state index is 11.2. The van der Waals surface area contributed by atoms with E-state index in [1.54, 1.807) is 18.0 Å². The summed E-state index contributed by atoms with van der Waals surface area (Å²) in [7, 11) is 0. The van der Waals surface area contributed by atoms with Crippen molar-refractivity contribution >= 4 is 5.97 Å². The topological polar surface area (TPSA) is 53.3 Å². The number of ether oxygens (including phenoxy) is 1. The van der Waals surface area contributed by atoms with Gasteiger partial charge in [-0.05, 0) is 12.5 Å². The smallest absolute Gasteiger partial charge is 0.332 e. The molecule has 4 nitrogen and oxygen atoms in total.